The lowest BCUT2D eigenvalue weighted by molar-refractivity contribution is -0.137. The van der Waals surface area contributed by atoms with Gasteiger partial charge in [0.25, 0.3) is 0 Å². The fraction of sp³-hybridized carbons (Fsp3) is 0.200. The summed E-state index contributed by atoms with van der Waals surface area (Å²) < 4.78 is 42.5. The highest BCUT2D eigenvalue weighted by atomic mass is 19.4. The van der Waals surface area contributed by atoms with E-state index in [1.807, 2.05) is 0 Å². The molecule has 0 aliphatic heterocycles. The van der Waals surface area contributed by atoms with Crippen molar-refractivity contribution >= 4 is 0 Å². The maximum Gasteiger partial charge on any atom is 0.416 e. The third kappa shape index (κ3) is 3.11. The van der Waals surface area contributed by atoms with Gasteiger partial charge in [-0.05, 0) is 35.4 Å². The molecule has 2 rings (SSSR count). The molecule has 1 atom stereocenters. The Morgan fingerprint density at radius 2 is 1.35 bits per heavy atom. The summed E-state index contributed by atoms with van der Waals surface area (Å²) in [4.78, 5) is 0. The standard InChI is InChI=1S/C15H14F3NO/c1-20-13-8-4-11(5-9-13)14(19)10-2-6-12(7-3-10)15(16,17)18/h2-9,14H,19H2,1H3/t14-/m1/s1. The van der Waals surface area contributed by atoms with Crippen molar-refractivity contribution in [2.24, 2.45) is 5.73 Å². The van der Waals surface area contributed by atoms with Crippen molar-refractivity contribution < 1.29 is 17.9 Å². The normalized spacial score (nSPS) is 13.1. The summed E-state index contributed by atoms with van der Waals surface area (Å²) in [6.07, 6.45) is -4.33. The van der Waals surface area contributed by atoms with Gasteiger partial charge in [0.1, 0.15) is 5.75 Å². The zero-order valence-electron chi connectivity index (χ0n) is 10.8. The number of rotatable bonds is 3. The van der Waals surface area contributed by atoms with E-state index in [0.717, 1.165) is 17.7 Å². The van der Waals surface area contributed by atoms with Gasteiger partial charge < -0.3 is 10.5 Å². The van der Waals surface area contributed by atoms with E-state index in [1.165, 1.54) is 12.1 Å². The monoisotopic (exact) mass is 281 g/mol. The summed E-state index contributed by atoms with van der Waals surface area (Å²) in [5.41, 5.74) is 6.81. The fourth-order valence-corrected chi connectivity index (χ4v) is 1.88. The summed E-state index contributed by atoms with van der Waals surface area (Å²) >= 11 is 0. The Kier molecular flexibility index (Phi) is 3.99. The minimum Gasteiger partial charge on any atom is -0.497 e. The zero-order chi connectivity index (χ0) is 14.8. The van der Waals surface area contributed by atoms with Gasteiger partial charge in [-0.1, -0.05) is 24.3 Å². The average Bonchev–Trinajstić information content (AvgIpc) is 2.46. The summed E-state index contributed by atoms with van der Waals surface area (Å²) in [6, 6.07) is 11.5. The van der Waals surface area contributed by atoms with Gasteiger partial charge in [0.05, 0.1) is 18.7 Å². The van der Waals surface area contributed by atoms with Gasteiger partial charge in [-0.25, -0.2) is 0 Å². The van der Waals surface area contributed by atoms with E-state index in [1.54, 1.807) is 31.4 Å². The van der Waals surface area contributed by atoms with Crippen LogP contribution in [0, 0.1) is 0 Å². The first-order chi connectivity index (χ1) is 9.41. The van der Waals surface area contributed by atoms with Gasteiger partial charge in [0, 0.05) is 0 Å². The van der Waals surface area contributed by atoms with E-state index in [-0.39, 0.29) is 0 Å². The van der Waals surface area contributed by atoms with Crippen LogP contribution in [0.2, 0.25) is 0 Å². The van der Waals surface area contributed by atoms with E-state index in [0.29, 0.717) is 11.3 Å². The quantitative estimate of drug-likeness (QED) is 0.929. The van der Waals surface area contributed by atoms with Crippen molar-refractivity contribution in [1.29, 1.82) is 0 Å². The van der Waals surface area contributed by atoms with Gasteiger partial charge in [0.2, 0.25) is 0 Å². The molecule has 106 valence electrons. The van der Waals surface area contributed by atoms with Crippen LogP contribution in [-0.4, -0.2) is 7.11 Å². The third-order valence-electron chi connectivity index (χ3n) is 3.07. The van der Waals surface area contributed by atoms with Crippen molar-refractivity contribution in [3.63, 3.8) is 0 Å². The summed E-state index contributed by atoms with van der Waals surface area (Å²) in [7, 11) is 1.56. The molecule has 0 aromatic heterocycles. The van der Waals surface area contributed by atoms with Gasteiger partial charge in [0.15, 0.2) is 0 Å². The van der Waals surface area contributed by atoms with Crippen LogP contribution in [0.1, 0.15) is 22.7 Å². The number of methoxy groups -OCH3 is 1. The molecule has 2 N–H and O–H groups in total. The highest BCUT2D eigenvalue weighted by Crippen LogP contribution is 2.30. The summed E-state index contributed by atoms with van der Waals surface area (Å²) in [5.74, 6) is 0.702. The smallest absolute Gasteiger partial charge is 0.416 e. The molecule has 2 aromatic rings. The minimum absolute atomic E-state index is 0.469. The molecule has 0 aliphatic rings. The third-order valence-corrected chi connectivity index (χ3v) is 3.07. The number of nitrogens with two attached hydrogens (primary N) is 1. The maximum atomic E-state index is 12.5. The van der Waals surface area contributed by atoms with E-state index in [2.05, 4.69) is 0 Å². The fourth-order valence-electron chi connectivity index (χ4n) is 1.88. The van der Waals surface area contributed by atoms with E-state index < -0.39 is 17.8 Å². The molecule has 0 saturated carbocycles. The molecule has 0 radical (unpaired) electrons. The molecule has 2 aromatic carbocycles. The first-order valence-corrected chi connectivity index (χ1v) is 5.98. The van der Waals surface area contributed by atoms with Gasteiger partial charge in [-0.15, -0.1) is 0 Å². The lowest BCUT2D eigenvalue weighted by atomic mass is 9.98. The van der Waals surface area contributed by atoms with Crippen LogP contribution in [-0.2, 0) is 6.18 Å². The predicted molar refractivity (Wildman–Crippen MR) is 70.5 cm³/mol. The Morgan fingerprint density at radius 1 is 0.900 bits per heavy atom. The number of hydrogen-bond acceptors (Lipinski definition) is 2. The molecule has 5 heteroatoms. The highest BCUT2D eigenvalue weighted by Gasteiger charge is 2.30. The van der Waals surface area contributed by atoms with Crippen LogP contribution < -0.4 is 10.5 Å². The van der Waals surface area contributed by atoms with Gasteiger partial charge in [-0.3, -0.25) is 0 Å². The molecule has 0 saturated heterocycles. The second kappa shape index (κ2) is 5.54. The molecular formula is C15H14F3NO. The predicted octanol–water partition coefficient (Wildman–Crippen LogP) is 3.76. The molecule has 0 bridgehead atoms. The minimum atomic E-state index is -4.33. The Morgan fingerprint density at radius 3 is 1.75 bits per heavy atom. The molecule has 0 aliphatic carbocycles. The van der Waals surface area contributed by atoms with Crippen molar-refractivity contribution in [1.82, 2.24) is 0 Å². The second-order valence-corrected chi connectivity index (χ2v) is 4.37. The number of hydrogen-bond donors (Lipinski definition) is 1. The molecule has 0 heterocycles. The lowest BCUT2D eigenvalue weighted by Crippen LogP contribution is -2.12. The number of benzene rings is 2. The molecule has 20 heavy (non-hydrogen) atoms. The van der Waals surface area contributed by atoms with Crippen LogP contribution in [0.3, 0.4) is 0 Å². The highest BCUT2D eigenvalue weighted by molar-refractivity contribution is 5.36. The molecule has 0 unspecified atom stereocenters. The second-order valence-electron chi connectivity index (χ2n) is 4.37. The number of alkyl halides is 3. The van der Waals surface area contributed by atoms with Crippen molar-refractivity contribution in [3.05, 3.63) is 65.2 Å². The van der Waals surface area contributed by atoms with Crippen LogP contribution in [0.4, 0.5) is 13.2 Å². The molecule has 0 spiro atoms. The Balaban J connectivity index is 2.22. The first kappa shape index (κ1) is 14.4. The van der Waals surface area contributed by atoms with Crippen LogP contribution in [0.25, 0.3) is 0 Å². The maximum absolute atomic E-state index is 12.5. The SMILES string of the molecule is COc1ccc([C@H](N)c2ccc(C(F)(F)F)cc2)cc1. The molecule has 0 fully saturated rings. The Labute approximate surface area is 115 Å². The zero-order valence-corrected chi connectivity index (χ0v) is 10.8. The summed E-state index contributed by atoms with van der Waals surface area (Å²) in [5, 5.41) is 0. The molecule has 2 nitrogen and oxygen atoms in total. The van der Waals surface area contributed by atoms with E-state index in [9.17, 15) is 13.2 Å². The molecular weight excluding hydrogens is 267 g/mol. The topological polar surface area (TPSA) is 35.2 Å². The number of halogens is 3. The number of ether oxygens (including phenoxy) is 1. The van der Waals surface area contributed by atoms with Crippen LogP contribution in [0.15, 0.2) is 48.5 Å². The first-order valence-electron chi connectivity index (χ1n) is 5.98. The van der Waals surface area contributed by atoms with E-state index >= 15 is 0 Å². The van der Waals surface area contributed by atoms with Crippen molar-refractivity contribution in [3.8, 4) is 5.75 Å². The lowest BCUT2D eigenvalue weighted by Gasteiger charge is -2.14. The largest absolute Gasteiger partial charge is 0.497 e. The van der Waals surface area contributed by atoms with Crippen molar-refractivity contribution in [2.45, 2.75) is 12.2 Å². The Hall–Kier alpha value is -2.01. The van der Waals surface area contributed by atoms with E-state index in [4.69, 9.17) is 10.5 Å². The van der Waals surface area contributed by atoms with Crippen LogP contribution in [0.5, 0.6) is 5.75 Å². The van der Waals surface area contributed by atoms with Crippen LogP contribution >= 0.6 is 0 Å². The van der Waals surface area contributed by atoms with Crippen molar-refractivity contribution in [2.75, 3.05) is 7.11 Å². The Bertz CT molecular complexity index is 561. The average molecular weight is 281 g/mol. The van der Waals surface area contributed by atoms with Gasteiger partial charge in [-0.2, -0.15) is 13.2 Å². The molecule has 0 amide bonds. The summed E-state index contributed by atoms with van der Waals surface area (Å²) in [6.45, 7) is 0. The van der Waals surface area contributed by atoms with Gasteiger partial charge >= 0.3 is 6.18 Å².